The van der Waals surface area contributed by atoms with Gasteiger partial charge in [-0.3, -0.25) is 0 Å². The summed E-state index contributed by atoms with van der Waals surface area (Å²) in [7, 11) is 0. The van der Waals surface area contributed by atoms with Gasteiger partial charge < -0.3 is 10.0 Å². The summed E-state index contributed by atoms with van der Waals surface area (Å²) < 4.78 is 0. The van der Waals surface area contributed by atoms with E-state index < -0.39 is 6.23 Å². The summed E-state index contributed by atoms with van der Waals surface area (Å²) in [4.78, 5) is 1.86. The normalized spacial score (nSPS) is 13.0. The molecular weight excluding hydrogens is 109 g/mol. The predicted molar refractivity (Wildman–Crippen MR) is 32.4 cm³/mol. The van der Waals surface area contributed by atoms with Crippen LogP contribution >= 0.6 is 0 Å². The van der Waals surface area contributed by atoms with Crippen molar-refractivity contribution in [3.63, 3.8) is 0 Å². The third-order valence-electron chi connectivity index (χ3n) is 1.33. The molecular formula is C6H14LiNO. The molecule has 0 N–H and O–H groups in total. The van der Waals surface area contributed by atoms with Crippen LogP contribution in [0.1, 0.15) is 20.8 Å². The molecule has 0 fully saturated rings. The Balaban J connectivity index is 0. The van der Waals surface area contributed by atoms with Gasteiger partial charge in [-0.05, 0) is 13.1 Å². The third-order valence-corrected chi connectivity index (χ3v) is 1.33. The molecule has 9 heavy (non-hydrogen) atoms. The Kier molecular flexibility index (Phi) is 9.01. The van der Waals surface area contributed by atoms with E-state index in [1.807, 2.05) is 18.7 Å². The van der Waals surface area contributed by atoms with Crippen molar-refractivity contribution in [2.45, 2.75) is 27.0 Å². The molecule has 0 aliphatic carbocycles. The van der Waals surface area contributed by atoms with Gasteiger partial charge in [-0.25, -0.2) is 0 Å². The zero-order valence-electron chi connectivity index (χ0n) is 6.85. The van der Waals surface area contributed by atoms with Crippen molar-refractivity contribution < 1.29 is 24.0 Å². The molecule has 0 aromatic carbocycles. The van der Waals surface area contributed by atoms with Crippen molar-refractivity contribution in [2.75, 3.05) is 13.1 Å². The van der Waals surface area contributed by atoms with Gasteiger partial charge in [-0.2, -0.15) is 0 Å². The first-order valence-electron chi connectivity index (χ1n) is 3.12. The van der Waals surface area contributed by atoms with Crippen molar-refractivity contribution in [1.82, 2.24) is 4.90 Å². The van der Waals surface area contributed by atoms with E-state index in [0.29, 0.717) is 0 Å². The zero-order chi connectivity index (χ0) is 6.57. The minimum absolute atomic E-state index is 0. The van der Waals surface area contributed by atoms with Crippen molar-refractivity contribution >= 4 is 0 Å². The molecule has 0 radical (unpaired) electrons. The topological polar surface area (TPSA) is 26.3 Å². The largest absolute Gasteiger partial charge is 1.00 e. The van der Waals surface area contributed by atoms with E-state index in [0.717, 1.165) is 13.1 Å². The van der Waals surface area contributed by atoms with E-state index in [4.69, 9.17) is 0 Å². The van der Waals surface area contributed by atoms with Crippen molar-refractivity contribution in [2.24, 2.45) is 0 Å². The van der Waals surface area contributed by atoms with Crippen LogP contribution in [-0.2, 0) is 0 Å². The zero-order valence-corrected chi connectivity index (χ0v) is 6.85. The monoisotopic (exact) mass is 123 g/mol. The van der Waals surface area contributed by atoms with Crippen molar-refractivity contribution in [3.8, 4) is 0 Å². The third kappa shape index (κ3) is 4.99. The maximum atomic E-state index is 10.6. The maximum absolute atomic E-state index is 10.6. The molecule has 50 valence electrons. The first kappa shape index (κ1) is 12.2. The molecule has 0 aromatic rings. The summed E-state index contributed by atoms with van der Waals surface area (Å²) in [5, 5.41) is 10.6. The fraction of sp³-hybridized carbons (Fsp3) is 1.00. The molecule has 1 unspecified atom stereocenters. The van der Waals surface area contributed by atoms with Gasteiger partial charge in [-0.1, -0.05) is 27.0 Å². The fourth-order valence-corrected chi connectivity index (χ4v) is 0.738. The number of hydrogen-bond acceptors (Lipinski definition) is 2. The minimum Gasteiger partial charge on any atom is -0.841 e. The second-order valence-electron chi connectivity index (χ2n) is 1.82. The molecule has 0 aromatic heterocycles. The van der Waals surface area contributed by atoms with Gasteiger partial charge in [0.2, 0.25) is 0 Å². The van der Waals surface area contributed by atoms with Gasteiger partial charge in [0.25, 0.3) is 0 Å². The van der Waals surface area contributed by atoms with Crippen LogP contribution in [0.5, 0.6) is 0 Å². The SMILES string of the molecule is CCN(CC)C(C)[O-].[Li+]. The summed E-state index contributed by atoms with van der Waals surface area (Å²) in [5.41, 5.74) is 0. The molecule has 2 nitrogen and oxygen atoms in total. The Labute approximate surface area is 69.4 Å². The van der Waals surface area contributed by atoms with Gasteiger partial charge in [0.1, 0.15) is 0 Å². The summed E-state index contributed by atoms with van der Waals surface area (Å²) in [5.74, 6) is 0. The molecule has 0 rings (SSSR count). The summed E-state index contributed by atoms with van der Waals surface area (Å²) in [6.07, 6.45) is -0.537. The van der Waals surface area contributed by atoms with E-state index >= 15 is 0 Å². The van der Waals surface area contributed by atoms with E-state index in [1.54, 1.807) is 6.92 Å². The standard InChI is InChI=1S/C6H14NO.Li/c1-4-7(5-2)6(3)8;/h6H,4-5H2,1-3H3;/q-1;+1. The Morgan fingerprint density at radius 2 is 1.67 bits per heavy atom. The molecule has 0 saturated heterocycles. The van der Waals surface area contributed by atoms with E-state index in [9.17, 15) is 5.11 Å². The average molecular weight is 123 g/mol. The fourth-order valence-electron chi connectivity index (χ4n) is 0.738. The number of nitrogens with zero attached hydrogens (tertiary/aromatic N) is 1. The van der Waals surface area contributed by atoms with Gasteiger partial charge in [-0.15, -0.1) is 0 Å². The first-order chi connectivity index (χ1) is 3.72. The van der Waals surface area contributed by atoms with E-state index in [-0.39, 0.29) is 18.9 Å². The maximum Gasteiger partial charge on any atom is 1.00 e. The summed E-state index contributed by atoms with van der Waals surface area (Å²) in [6.45, 7) is 7.39. The Hall–Kier alpha value is 0.517. The molecule has 0 aliphatic rings. The molecule has 1 atom stereocenters. The van der Waals surface area contributed by atoms with Gasteiger partial charge in [0.15, 0.2) is 0 Å². The molecule has 0 heterocycles. The van der Waals surface area contributed by atoms with Gasteiger partial charge >= 0.3 is 18.9 Å². The van der Waals surface area contributed by atoms with Gasteiger partial charge in [0.05, 0.1) is 0 Å². The molecule has 0 saturated carbocycles. The van der Waals surface area contributed by atoms with Gasteiger partial charge in [0, 0.05) is 0 Å². The van der Waals surface area contributed by atoms with Crippen molar-refractivity contribution in [1.29, 1.82) is 0 Å². The molecule has 0 amide bonds. The Morgan fingerprint density at radius 3 is 1.67 bits per heavy atom. The van der Waals surface area contributed by atoms with Crippen LogP contribution in [0.15, 0.2) is 0 Å². The molecule has 0 spiro atoms. The van der Waals surface area contributed by atoms with E-state index in [1.165, 1.54) is 0 Å². The van der Waals surface area contributed by atoms with Crippen LogP contribution in [0.3, 0.4) is 0 Å². The second-order valence-corrected chi connectivity index (χ2v) is 1.82. The van der Waals surface area contributed by atoms with Crippen LogP contribution in [0.4, 0.5) is 0 Å². The first-order valence-corrected chi connectivity index (χ1v) is 3.12. The molecule has 3 heteroatoms. The predicted octanol–water partition coefficient (Wildman–Crippen LogP) is -2.96. The van der Waals surface area contributed by atoms with E-state index in [2.05, 4.69) is 0 Å². The quantitative estimate of drug-likeness (QED) is 0.296. The van der Waals surface area contributed by atoms with Crippen LogP contribution in [0.25, 0.3) is 0 Å². The smallest absolute Gasteiger partial charge is 0.841 e. The second kappa shape index (κ2) is 6.63. The average Bonchev–Trinajstić information content (AvgIpc) is 1.69. The van der Waals surface area contributed by atoms with Crippen LogP contribution in [0.2, 0.25) is 0 Å². The number of rotatable bonds is 3. The molecule has 0 bridgehead atoms. The molecule has 0 aliphatic heterocycles. The minimum atomic E-state index is -0.537. The van der Waals surface area contributed by atoms with Crippen molar-refractivity contribution in [3.05, 3.63) is 0 Å². The van der Waals surface area contributed by atoms with Crippen LogP contribution in [0, 0.1) is 0 Å². The van der Waals surface area contributed by atoms with Crippen LogP contribution < -0.4 is 24.0 Å². The summed E-state index contributed by atoms with van der Waals surface area (Å²) in [6, 6.07) is 0. The van der Waals surface area contributed by atoms with Crippen LogP contribution in [-0.4, -0.2) is 24.2 Å². The number of hydrogen-bond donors (Lipinski definition) is 0. The Bertz CT molecular complexity index is 55.0. The summed E-state index contributed by atoms with van der Waals surface area (Å²) >= 11 is 0. The Morgan fingerprint density at radius 1 is 1.33 bits per heavy atom.